The van der Waals surface area contributed by atoms with E-state index in [0.717, 1.165) is 29.3 Å². The molecule has 11 heteroatoms. The Kier molecular flexibility index (Phi) is 6.78. The van der Waals surface area contributed by atoms with Gasteiger partial charge in [0.1, 0.15) is 18.0 Å². The van der Waals surface area contributed by atoms with Gasteiger partial charge in [0.2, 0.25) is 0 Å². The molecule has 1 heterocycles. The fourth-order valence-corrected chi connectivity index (χ4v) is 6.44. The molecule has 1 saturated heterocycles. The highest BCUT2D eigenvalue weighted by molar-refractivity contribution is 6.30. The van der Waals surface area contributed by atoms with Crippen LogP contribution < -0.4 is 4.74 Å². The van der Waals surface area contributed by atoms with Crippen LogP contribution in [0.25, 0.3) is 0 Å². The second kappa shape index (κ2) is 10.4. The van der Waals surface area contributed by atoms with Crippen LogP contribution in [0.4, 0.5) is 5.69 Å². The molecule has 1 aliphatic heterocycles. The number of hydrogen-bond acceptors (Lipinski definition) is 7. The molecule has 2 bridgehead atoms. The number of hydrazine groups is 1. The molecular weight excluding hydrogens is 550 g/mol. The zero-order valence-electron chi connectivity index (χ0n) is 21.6. The number of ketones is 1. The van der Waals surface area contributed by atoms with Crippen LogP contribution in [-0.2, 0) is 9.59 Å². The molecule has 0 spiro atoms. The van der Waals surface area contributed by atoms with Crippen molar-refractivity contribution in [2.24, 2.45) is 23.7 Å². The van der Waals surface area contributed by atoms with Crippen LogP contribution in [0.2, 0.25) is 5.02 Å². The van der Waals surface area contributed by atoms with Gasteiger partial charge in [-0.15, -0.1) is 0 Å². The van der Waals surface area contributed by atoms with E-state index in [1.54, 1.807) is 12.1 Å². The standard InChI is InChI=1S/C30H24ClN3O7/c31-21-7-3-18(4-8-21)28(36)32(33-29(37)26-19-1-2-20(15-19)27(26)30(33)38)16-25(35)17-5-11-23(12-6-17)41-24-13-9-22(10-14-24)34(39)40/h3-14,19-20,26-27H,1-2,15-16H2/t19-,20-,26+,27+/m0/s1. The number of imide groups is 1. The molecule has 3 aromatic carbocycles. The largest absolute Gasteiger partial charge is 0.457 e. The Labute approximate surface area is 239 Å². The SMILES string of the molecule is O=C(CN(C(=O)c1ccc(Cl)cc1)N1C(=O)[C@@H]2[C@H]3CC[C@@H](C3)[C@H]2C1=O)c1ccc(Oc2ccc([N+](=O)[O-])cc2)cc1. The number of halogens is 1. The van der Waals surface area contributed by atoms with Crippen LogP contribution in [0.1, 0.15) is 40.0 Å². The number of carbonyl (C=O) groups is 4. The zero-order valence-corrected chi connectivity index (χ0v) is 22.4. The maximum Gasteiger partial charge on any atom is 0.273 e. The summed E-state index contributed by atoms with van der Waals surface area (Å²) in [6.07, 6.45) is 2.62. The Bertz CT molecular complexity index is 1530. The first kappa shape index (κ1) is 26.6. The average molecular weight is 574 g/mol. The number of benzene rings is 3. The fourth-order valence-electron chi connectivity index (χ4n) is 6.31. The molecule has 3 aromatic rings. The predicted molar refractivity (Wildman–Crippen MR) is 146 cm³/mol. The lowest BCUT2D eigenvalue weighted by molar-refractivity contribution is -0.384. The van der Waals surface area contributed by atoms with E-state index >= 15 is 0 Å². The summed E-state index contributed by atoms with van der Waals surface area (Å²) in [5, 5.41) is 13.1. The summed E-state index contributed by atoms with van der Waals surface area (Å²) in [4.78, 5) is 64.5. The Morgan fingerprint density at radius 1 is 0.854 bits per heavy atom. The number of carbonyl (C=O) groups excluding carboxylic acids is 4. The first-order valence-corrected chi connectivity index (χ1v) is 13.6. The van der Waals surface area contributed by atoms with Crippen molar-refractivity contribution in [1.29, 1.82) is 0 Å². The van der Waals surface area contributed by atoms with Gasteiger partial charge in [0.05, 0.1) is 16.8 Å². The minimum absolute atomic E-state index is 0.0674. The summed E-state index contributed by atoms with van der Waals surface area (Å²) in [6.45, 7) is -0.518. The highest BCUT2D eigenvalue weighted by Crippen LogP contribution is 2.56. The third-order valence-corrected chi connectivity index (χ3v) is 8.48. The van der Waals surface area contributed by atoms with Gasteiger partial charge < -0.3 is 4.74 Å². The van der Waals surface area contributed by atoms with E-state index in [-0.39, 0.29) is 28.7 Å². The van der Waals surface area contributed by atoms with Crippen LogP contribution in [0, 0.1) is 33.8 Å². The highest BCUT2D eigenvalue weighted by Gasteiger charge is 2.62. The maximum absolute atomic E-state index is 13.6. The maximum atomic E-state index is 13.6. The van der Waals surface area contributed by atoms with E-state index in [0.29, 0.717) is 16.5 Å². The first-order chi connectivity index (χ1) is 19.7. The summed E-state index contributed by atoms with van der Waals surface area (Å²) < 4.78 is 5.71. The first-order valence-electron chi connectivity index (χ1n) is 13.2. The minimum Gasteiger partial charge on any atom is -0.457 e. The zero-order chi connectivity index (χ0) is 28.8. The quantitative estimate of drug-likeness (QED) is 0.155. The van der Waals surface area contributed by atoms with Crippen LogP contribution in [-0.4, -0.2) is 45.0 Å². The van der Waals surface area contributed by atoms with Gasteiger partial charge in [-0.1, -0.05) is 11.6 Å². The number of Topliss-reactive ketones (excluding diaryl/α,β-unsaturated/α-hetero) is 1. The Morgan fingerprint density at radius 2 is 1.37 bits per heavy atom. The number of fused-ring (bicyclic) bond motifs is 5. The van der Waals surface area contributed by atoms with E-state index in [4.69, 9.17) is 16.3 Å². The molecule has 3 aliphatic rings. The summed E-state index contributed by atoms with van der Waals surface area (Å²) in [7, 11) is 0. The number of non-ortho nitro benzene ring substituents is 1. The van der Waals surface area contributed by atoms with E-state index in [1.165, 1.54) is 60.7 Å². The summed E-state index contributed by atoms with van der Waals surface area (Å²) >= 11 is 5.99. The molecule has 0 unspecified atom stereocenters. The van der Waals surface area contributed by atoms with Crippen molar-refractivity contribution < 1.29 is 28.8 Å². The summed E-state index contributed by atoms with van der Waals surface area (Å²) in [6, 6.07) is 17.7. The third kappa shape index (κ3) is 4.84. The number of nitro groups is 1. The molecule has 41 heavy (non-hydrogen) atoms. The van der Waals surface area contributed by atoms with Gasteiger partial charge >= 0.3 is 0 Å². The number of nitro benzene ring substituents is 1. The van der Waals surface area contributed by atoms with Gasteiger partial charge in [0, 0.05) is 28.3 Å². The fraction of sp³-hybridized carbons (Fsp3) is 0.267. The molecule has 4 atom stereocenters. The lowest BCUT2D eigenvalue weighted by Crippen LogP contribution is -2.52. The van der Waals surface area contributed by atoms with E-state index in [1.807, 2.05) is 0 Å². The third-order valence-electron chi connectivity index (χ3n) is 8.22. The Hall–Kier alpha value is -4.57. The van der Waals surface area contributed by atoms with E-state index < -0.39 is 46.8 Å². The van der Waals surface area contributed by atoms with Crippen molar-refractivity contribution in [3.63, 3.8) is 0 Å². The number of hydrogen-bond donors (Lipinski definition) is 0. The molecular formula is C30H24ClN3O7. The molecule has 3 amide bonds. The molecule has 10 nitrogen and oxygen atoms in total. The van der Waals surface area contributed by atoms with Crippen LogP contribution in [0.15, 0.2) is 72.8 Å². The molecule has 3 fully saturated rings. The molecule has 0 N–H and O–H groups in total. The van der Waals surface area contributed by atoms with Crippen LogP contribution in [0.3, 0.4) is 0 Å². The highest BCUT2D eigenvalue weighted by atomic mass is 35.5. The van der Waals surface area contributed by atoms with Crippen molar-refractivity contribution in [2.75, 3.05) is 6.54 Å². The smallest absolute Gasteiger partial charge is 0.273 e. The molecule has 208 valence electrons. The summed E-state index contributed by atoms with van der Waals surface area (Å²) in [5.41, 5.74) is 0.367. The monoisotopic (exact) mass is 573 g/mol. The number of ether oxygens (including phenoxy) is 1. The number of nitrogens with zero attached hydrogens (tertiary/aromatic N) is 3. The number of rotatable bonds is 8. The molecule has 0 aromatic heterocycles. The topological polar surface area (TPSA) is 127 Å². The van der Waals surface area contributed by atoms with E-state index in [2.05, 4.69) is 0 Å². The van der Waals surface area contributed by atoms with Gasteiger partial charge in [-0.25, -0.2) is 5.01 Å². The normalized spacial score (nSPS) is 22.5. The summed E-state index contributed by atoms with van der Waals surface area (Å²) in [5.74, 6) is -1.87. The van der Waals surface area contributed by atoms with Gasteiger partial charge in [-0.3, -0.25) is 29.3 Å². The van der Waals surface area contributed by atoms with Crippen molar-refractivity contribution in [3.05, 3.63) is 99.1 Å². The van der Waals surface area contributed by atoms with Crippen LogP contribution >= 0.6 is 11.6 Å². The second-order valence-corrected chi connectivity index (χ2v) is 11.0. The van der Waals surface area contributed by atoms with Gasteiger partial charge in [0.25, 0.3) is 23.4 Å². The van der Waals surface area contributed by atoms with Crippen molar-refractivity contribution in [3.8, 4) is 11.5 Å². The minimum atomic E-state index is -0.651. The second-order valence-electron chi connectivity index (χ2n) is 10.5. The predicted octanol–water partition coefficient (Wildman–Crippen LogP) is 5.31. The average Bonchev–Trinajstić information content (AvgIpc) is 3.66. The molecule has 2 aliphatic carbocycles. The van der Waals surface area contributed by atoms with E-state index in [9.17, 15) is 29.3 Å². The Balaban J connectivity index is 1.23. The molecule has 2 saturated carbocycles. The Morgan fingerprint density at radius 3 is 1.90 bits per heavy atom. The lowest BCUT2D eigenvalue weighted by Gasteiger charge is -2.30. The van der Waals surface area contributed by atoms with Gasteiger partial charge in [0.15, 0.2) is 5.78 Å². The number of amides is 3. The van der Waals surface area contributed by atoms with Crippen molar-refractivity contribution >= 4 is 40.8 Å². The van der Waals surface area contributed by atoms with Crippen molar-refractivity contribution in [1.82, 2.24) is 10.0 Å². The molecule has 6 rings (SSSR count). The van der Waals surface area contributed by atoms with Gasteiger partial charge in [-0.2, -0.15) is 5.01 Å². The van der Waals surface area contributed by atoms with Crippen molar-refractivity contribution in [2.45, 2.75) is 19.3 Å². The van der Waals surface area contributed by atoms with Gasteiger partial charge in [-0.05, 0) is 91.8 Å². The lowest BCUT2D eigenvalue weighted by atomic mass is 9.81. The molecule has 0 radical (unpaired) electrons. The van der Waals surface area contributed by atoms with Crippen LogP contribution in [0.5, 0.6) is 11.5 Å².